The molecule has 22 heavy (non-hydrogen) atoms. The number of fused-ring (bicyclic) bond motifs is 1. The van der Waals surface area contributed by atoms with Gasteiger partial charge in [-0.2, -0.15) is 0 Å². The highest BCUT2D eigenvalue weighted by molar-refractivity contribution is 6.61. The highest BCUT2D eigenvalue weighted by Gasteiger charge is 2.29. The van der Waals surface area contributed by atoms with Crippen molar-refractivity contribution in [1.29, 1.82) is 0 Å². The SMILES string of the molecule is [C-]#[N+]c1cc(C)c(Oc2ccc3c(c2C)COB3O)cc1C. The molecule has 0 saturated carbocycles. The van der Waals surface area contributed by atoms with Crippen molar-refractivity contribution in [1.82, 2.24) is 0 Å². The van der Waals surface area contributed by atoms with Gasteiger partial charge in [0.15, 0.2) is 5.69 Å². The molecule has 3 rings (SSSR count). The van der Waals surface area contributed by atoms with Gasteiger partial charge in [0.2, 0.25) is 0 Å². The quantitative estimate of drug-likeness (QED) is 0.683. The first kappa shape index (κ1) is 14.6. The summed E-state index contributed by atoms with van der Waals surface area (Å²) < 4.78 is 11.3. The zero-order valence-corrected chi connectivity index (χ0v) is 12.8. The molecule has 1 heterocycles. The molecule has 110 valence electrons. The zero-order valence-electron chi connectivity index (χ0n) is 12.8. The summed E-state index contributed by atoms with van der Waals surface area (Å²) in [6.45, 7) is 13.3. The van der Waals surface area contributed by atoms with Crippen molar-refractivity contribution in [2.24, 2.45) is 0 Å². The molecule has 1 N–H and O–H groups in total. The van der Waals surface area contributed by atoms with E-state index in [1.165, 1.54) is 0 Å². The molecule has 0 bridgehead atoms. The predicted octanol–water partition coefficient (Wildman–Crippen LogP) is 3.17. The standard InChI is InChI=1S/C17H16BNO3/c1-10-8-17(11(2)7-15(10)19-4)22-16-6-5-14-13(12(16)3)9-21-18(14)20/h5-8,20H,9H2,1-3H3. The Morgan fingerprint density at radius 3 is 2.68 bits per heavy atom. The fraction of sp³-hybridized carbons (Fsp3) is 0.235. The van der Waals surface area contributed by atoms with E-state index in [0.29, 0.717) is 12.3 Å². The van der Waals surface area contributed by atoms with Crippen LogP contribution in [0.2, 0.25) is 0 Å². The Labute approximate surface area is 130 Å². The molecule has 0 spiro atoms. The lowest BCUT2D eigenvalue weighted by molar-refractivity contribution is 0.274. The van der Waals surface area contributed by atoms with Gasteiger partial charge in [-0.05, 0) is 66.7 Å². The zero-order chi connectivity index (χ0) is 15.9. The van der Waals surface area contributed by atoms with Crippen molar-refractivity contribution in [2.45, 2.75) is 27.4 Å². The minimum atomic E-state index is -0.843. The van der Waals surface area contributed by atoms with E-state index < -0.39 is 7.12 Å². The van der Waals surface area contributed by atoms with E-state index in [-0.39, 0.29) is 0 Å². The average molecular weight is 293 g/mol. The maximum Gasteiger partial charge on any atom is 0.491 e. The summed E-state index contributed by atoms with van der Waals surface area (Å²) in [5.41, 5.74) is 5.23. The van der Waals surface area contributed by atoms with E-state index in [9.17, 15) is 5.02 Å². The Hall–Kier alpha value is -2.29. The molecule has 0 amide bonds. The van der Waals surface area contributed by atoms with Crippen LogP contribution < -0.4 is 10.2 Å². The van der Waals surface area contributed by atoms with Gasteiger partial charge in [0.05, 0.1) is 13.2 Å². The average Bonchev–Trinajstić information content (AvgIpc) is 2.87. The maximum atomic E-state index is 9.73. The van der Waals surface area contributed by atoms with E-state index in [1.807, 2.05) is 45.0 Å². The fourth-order valence-electron chi connectivity index (χ4n) is 2.67. The Balaban J connectivity index is 1.98. The second-order valence-corrected chi connectivity index (χ2v) is 5.54. The van der Waals surface area contributed by atoms with E-state index in [2.05, 4.69) is 4.85 Å². The molecule has 1 aliphatic heterocycles. The van der Waals surface area contributed by atoms with Crippen LogP contribution in [0.4, 0.5) is 5.69 Å². The van der Waals surface area contributed by atoms with Gasteiger partial charge in [0, 0.05) is 0 Å². The van der Waals surface area contributed by atoms with Crippen LogP contribution in [0.1, 0.15) is 22.3 Å². The lowest BCUT2D eigenvalue weighted by atomic mass is 9.78. The molecule has 0 unspecified atom stereocenters. The summed E-state index contributed by atoms with van der Waals surface area (Å²) in [7, 11) is -0.843. The molecule has 4 nitrogen and oxygen atoms in total. The second-order valence-electron chi connectivity index (χ2n) is 5.54. The first-order chi connectivity index (χ1) is 10.5. The molecule has 2 aromatic carbocycles. The Kier molecular flexibility index (Phi) is 3.65. The molecule has 0 aromatic heterocycles. The first-order valence-corrected chi connectivity index (χ1v) is 7.10. The van der Waals surface area contributed by atoms with Crippen LogP contribution in [0.25, 0.3) is 4.85 Å². The third-order valence-electron chi connectivity index (χ3n) is 4.07. The number of nitrogens with zero attached hydrogens (tertiary/aromatic N) is 1. The number of benzene rings is 2. The van der Waals surface area contributed by atoms with Gasteiger partial charge in [0.1, 0.15) is 11.5 Å². The lowest BCUT2D eigenvalue weighted by Crippen LogP contribution is -2.28. The molecule has 0 aliphatic carbocycles. The normalized spacial score (nSPS) is 13.0. The summed E-state index contributed by atoms with van der Waals surface area (Å²) in [4.78, 5) is 3.50. The summed E-state index contributed by atoms with van der Waals surface area (Å²) in [5, 5.41) is 9.73. The van der Waals surface area contributed by atoms with Crippen molar-refractivity contribution in [3.05, 3.63) is 57.9 Å². The van der Waals surface area contributed by atoms with Gasteiger partial charge in [-0.1, -0.05) is 6.07 Å². The van der Waals surface area contributed by atoms with E-state index >= 15 is 0 Å². The largest absolute Gasteiger partial charge is 0.491 e. The number of rotatable bonds is 2. The van der Waals surface area contributed by atoms with Crippen LogP contribution in [0.5, 0.6) is 11.5 Å². The summed E-state index contributed by atoms with van der Waals surface area (Å²) in [6, 6.07) is 7.42. The van der Waals surface area contributed by atoms with Gasteiger partial charge in [-0.3, -0.25) is 0 Å². The third-order valence-corrected chi connectivity index (χ3v) is 4.07. The molecule has 2 aromatic rings. The van der Waals surface area contributed by atoms with Crippen molar-refractivity contribution < 1.29 is 14.4 Å². The van der Waals surface area contributed by atoms with E-state index in [4.69, 9.17) is 16.0 Å². The van der Waals surface area contributed by atoms with Gasteiger partial charge < -0.3 is 14.4 Å². The Morgan fingerprint density at radius 1 is 1.18 bits per heavy atom. The van der Waals surface area contributed by atoms with Gasteiger partial charge in [-0.15, -0.1) is 0 Å². The Bertz CT molecular complexity index is 795. The lowest BCUT2D eigenvalue weighted by Gasteiger charge is -2.14. The van der Waals surface area contributed by atoms with Crippen molar-refractivity contribution in [3.8, 4) is 11.5 Å². The summed E-state index contributed by atoms with van der Waals surface area (Å²) in [5.74, 6) is 1.49. The predicted molar refractivity (Wildman–Crippen MR) is 85.8 cm³/mol. The topological polar surface area (TPSA) is 43.0 Å². The molecule has 0 radical (unpaired) electrons. The van der Waals surface area contributed by atoms with Crippen LogP contribution in [0.3, 0.4) is 0 Å². The molecule has 0 fully saturated rings. The highest BCUT2D eigenvalue weighted by atomic mass is 16.5. The number of aryl methyl sites for hydroxylation is 2. The van der Waals surface area contributed by atoms with Gasteiger partial charge in [0.25, 0.3) is 0 Å². The van der Waals surface area contributed by atoms with Crippen LogP contribution in [0, 0.1) is 27.3 Å². The van der Waals surface area contributed by atoms with Crippen molar-refractivity contribution in [2.75, 3.05) is 0 Å². The van der Waals surface area contributed by atoms with Crippen LogP contribution in [-0.2, 0) is 11.3 Å². The maximum absolute atomic E-state index is 9.73. The second kappa shape index (κ2) is 5.49. The van der Waals surface area contributed by atoms with Crippen molar-refractivity contribution >= 4 is 18.3 Å². The fourth-order valence-corrected chi connectivity index (χ4v) is 2.67. The number of hydrogen-bond acceptors (Lipinski definition) is 3. The van der Waals surface area contributed by atoms with Gasteiger partial charge in [-0.25, -0.2) is 4.85 Å². The minimum Gasteiger partial charge on any atom is -0.457 e. The smallest absolute Gasteiger partial charge is 0.457 e. The minimum absolute atomic E-state index is 0.397. The third kappa shape index (κ3) is 2.37. The summed E-state index contributed by atoms with van der Waals surface area (Å²) in [6.07, 6.45) is 0. The van der Waals surface area contributed by atoms with Crippen molar-refractivity contribution in [3.63, 3.8) is 0 Å². The molecule has 5 heteroatoms. The highest BCUT2D eigenvalue weighted by Crippen LogP contribution is 2.34. The molecule has 1 aliphatic rings. The molecular formula is C17H16BNO3. The van der Waals surface area contributed by atoms with Crippen LogP contribution in [-0.4, -0.2) is 12.1 Å². The molecule has 0 atom stereocenters. The monoisotopic (exact) mass is 293 g/mol. The van der Waals surface area contributed by atoms with E-state index in [1.54, 1.807) is 0 Å². The molecule has 0 saturated heterocycles. The van der Waals surface area contributed by atoms with Crippen LogP contribution >= 0.6 is 0 Å². The van der Waals surface area contributed by atoms with Gasteiger partial charge >= 0.3 is 7.12 Å². The number of ether oxygens (including phenoxy) is 1. The Morgan fingerprint density at radius 2 is 1.95 bits per heavy atom. The number of hydrogen-bond donors (Lipinski definition) is 1. The van der Waals surface area contributed by atoms with E-state index in [0.717, 1.165) is 39.2 Å². The van der Waals surface area contributed by atoms with Crippen LogP contribution in [0.15, 0.2) is 24.3 Å². The molecular weight excluding hydrogens is 277 g/mol. The first-order valence-electron chi connectivity index (χ1n) is 7.10. The summed E-state index contributed by atoms with van der Waals surface area (Å²) >= 11 is 0.